The van der Waals surface area contributed by atoms with Gasteiger partial charge in [-0.05, 0) is 13.0 Å². The van der Waals surface area contributed by atoms with E-state index in [9.17, 15) is 33.4 Å². The van der Waals surface area contributed by atoms with Crippen LogP contribution in [0.15, 0.2) is 47.6 Å². The molecule has 26 heavy (non-hydrogen) atoms. The number of benzene rings is 2. The molecule has 0 aliphatic rings. The van der Waals surface area contributed by atoms with Crippen molar-refractivity contribution in [3.05, 3.63) is 73.8 Å². The lowest BCUT2D eigenvalue weighted by Crippen LogP contribution is -2.25. The molecule has 0 aliphatic carbocycles. The molecular formula is C15H11F3N4O4. The number of hydrazone groups is 1. The summed E-state index contributed by atoms with van der Waals surface area (Å²) in [5.41, 5.74) is -0.541. The molecule has 2 aromatic rings. The summed E-state index contributed by atoms with van der Waals surface area (Å²) in [6, 6.07) is 7.83. The number of halogens is 3. The normalized spacial score (nSPS) is 11.9. The third-order valence-corrected chi connectivity index (χ3v) is 3.27. The topological polar surface area (TPSA) is 111 Å². The zero-order valence-corrected chi connectivity index (χ0v) is 13.1. The van der Waals surface area contributed by atoms with Crippen molar-refractivity contribution >= 4 is 22.8 Å². The van der Waals surface area contributed by atoms with Crippen molar-refractivity contribution in [3.8, 4) is 0 Å². The van der Waals surface area contributed by atoms with Crippen molar-refractivity contribution in [1.29, 1.82) is 0 Å². The van der Waals surface area contributed by atoms with Crippen LogP contribution in [0.1, 0.15) is 11.1 Å². The number of anilines is 1. The molecule has 1 N–H and O–H groups in total. The fraction of sp³-hybridized carbons (Fsp3) is 0.133. The van der Waals surface area contributed by atoms with E-state index in [0.717, 1.165) is 17.7 Å². The average Bonchev–Trinajstić information content (AvgIpc) is 2.55. The lowest BCUT2D eigenvalue weighted by Gasteiger charge is -2.11. The van der Waals surface area contributed by atoms with Gasteiger partial charge in [-0.25, -0.2) is 0 Å². The molecule has 0 heterocycles. The first kappa shape index (κ1) is 18.8. The van der Waals surface area contributed by atoms with Crippen LogP contribution >= 0.6 is 0 Å². The summed E-state index contributed by atoms with van der Waals surface area (Å²) in [7, 11) is 0. The highest BCUT2D eigenvalue weighted by molar-refractivity contribution is 6.05. The van der Waals surface area contributed by atoms with E-state index in [-0.39, 0.29) is 5.56 Å². The highest BCUT2D eigenvalue weighted by Crippen LogP contribution is 2.30. The molecular weight excluding hydrogens is 357 g/mol. The van der Waals surface area contributed by atoms with Crippen LogP contribution in [-0.2, 0) is 0 Å². The van der Waals surface area contributed by atoms with E-state index in [4.69, 9.17) is 0 Å². The zero-order valence-electron chi connectivity index (χ0n) is 13.1. The Bertz CT molecular complexity index is 879. The van der Waals surface area contributed by atoms with Gasteiger partial charge in [0, 0.05) is 11.6 Å². The maximum Gasteiger partial charge on any atom is 0.435 e. The standard InChI is InChI=1S/C15H11F3N4O4/c1-9-2-4-10(5-3-9)14(15(16,17)18)20-19-12-7-6-11(21(23)24)8-13(12)22(25)26/h2-8,19H,1H3/b20-14+. The molecule has 2 rings (SSSR count). The second-order valence-electron chi connectivity index (χ2n) is 5.15. The molecule has 136 valence electrons. The van der Waals surface area contributed by atoms with E-state index >= 15 is 0 Å². The number of aryl methyl sites for hydroxylation is 1. The van der Waals surface area contributed by atoms with Crippen molar-refractivity contribution in [2.45, 2.75) is 13.1 Å². The van der Waals surface area contributed by atoms with Crippen LogP contribution in [0.25, 0.3) is 0 Å². The second-order valence-corrected chi connectivity index (χ2v) is 5.15. The fourth-order valence-electron chi connectivity index (χ4n) is 2.00. The predicted molar refractivity (Wildman–Crippen MR) is 87.1 cm³/mol. The average molecular weight is 368 g/mol. The van der Waals surface area contributed by atoms with Crippen molar-refractivity contribution in [2.75, 3.05) is 5.43 Å². The Kier molecular flexibility index (Phi) is 5.19. The number of alkyl halides is 3. The summed E-state index contributed by atoms with van der Waals surface area (Å²) >= 11 is 0. The molecule has 0 saturated heterocycles. The Hall–Kier alpha value is -3.50. The van der Waals surface area contributed by atoms with Gasteiger partial charge in [-0.2, -0.15) is 18.3 Å². The van der Waals surface area contributed by atoms with Gasteiger partial charge in [0.25, 0.3) is 5.69 Å². The molecule has 0 bridgehead atoms. The fourth-order valence-corrected chi connectivity index (χ4v) is 2.00. The third-order valence-electron chi connectivity index (χ3n) is 3.27. The summed E-state index contributed by atoms with van der Waals surface area (Å²) < 4.78 is 39.7. The van der Waals surface area contributed by atoms with Gasteiger partial charge in [-0.15, -0.1) is 0 Å². The van der Waals surface area contributed by atoms with Gasteiger partial charge in [0.05, 0.1) is 15.9 Å². The zero-order chi connectivity index (χ0) is 19.5. The quantitative estimate of drug-likeness (QED) is 0.483. The van der Waals surface area contributed by atoms with Gasteiger partial charge >= 0.3 is 11.9 Å². The van der Waals surface area contributed by atoms with E-state index in [1.165, 1.54) is 24.3 Å². The number of nitrogens with one attached hydrogen (secondary N) is 1. The Labute approximate surface area is 144 Å². The number of non-ortho nitro benzene ring substituents is 1. The maximum absolute atomic E-state index is 13.2. The van der Waals surface area contributed by atoms with Crippen molar-refractivity contribution in [3.63, 3.8) is 0 Å². The van der Waals surface area contributed by atoms with Crippen LogP contribution in [-0.4, -0.2) is 21.7 Å². The van der Waals surface area contributed by atoms with E-state index in [1.54, 1.807) is 6.92 Å². The maximum atomic E-state index is 13.2. The van der Waals surface area contributed by atoms with E-state index < -0.39 is 38.8 Å². The minimum atomic E-state index is -4.82. The smallest absolute Gasteiger partial charge is 0.271 e. The first-order chi connectivity index (χ1) is 12.1. The summed E-state index contributed by atoms with van der Waals surface area (Å²) in [6.45, 7) is 1.70. The van der Waals surface area contributed by atoms with Crippen molar-refractivity contribution in [1.82, 2.24) is 0 Å². The van der Waals surface area contributed by atoms with Gasteiger partial charge in [0.2, 0.25) is 0 Å². The van der Waals surface area contributed by atoms with Crippen LogP contribution in [0.4, 0.5) is 30.2 Å². The largest absolute Gasteiger partial charge is 0.435 e. The van der Waals surface area contributed by atoms with Crippen LogP contribution in [0.2, 0.25) is 0 Å². The number of nitro groups is 2. The Morgan fingerprint density at radius 2 is 1.65 bits per heavy atom. The summed E-state index contributed by atoms with van der Waals surface area (Å²) in [5.74, 6) is 0. The molecule has 0 fully saturated rings. The highest BCUT2D eigenvalue weighted by atomic mass is 19.4. The van der Waals surface area contributed by atoms with Gasteiger partial charge < -0.3 is 0 Å². The van der Waals surface area contributed by atoms with Gasteiger partial charge in [-0.3, -0.25) is 25.7 Å². The van der Waals surface area contributed by atoms with Crippen molar-refractivity contribution in [2.24, 2.45) is 5.10 Å². The first-order valence-electron chi connectivity index (χ1n) is 7.00. The minimum Gasteiger partial charge on any atom is -0.271 e. The van der Waals surface area contributed by atoms with Gasteiger partial charge in [-0.1, -0.05) is 29.8 Å². The van der Waals surface area contributed by atoms with Crippen LogP contribution < -0.4 is 5.43 Å². The van der Waals surface area contributed by atoms with Crippen LogP contribution in [0, 0.1) is 27.2 Å². The monoisotopic (exact) mass is 368 g/mol. The number of hydrogen-bond acceptors (Lipinski definition) is 6. The lowest BCUT2D eigenvalue weighted by molar-refractivity contribution is -0.393. The molecule has 2 aromatic carbocycles. The number of nitro benzene ring substituents is 2. The van der Waals surface area contributed by atoms with Crippen molar-refractivity contribution < 1.29 is 23.0 Å². The molecule has 0 aliphatic heterocycles. The first-order valence-corrected chi connectivity index (χ1v) is 7.00. The summed E-state index contributed by atoms with van der Waals surface area (Å²) in [6.07, 6.45) is -4.82. The molecule has 0 atom stereocenters. The second kappa shape index (κ2) is 7.17. The highest BCUT2D eigenvalue weighted by Gasteiger charge is 2.37. The molecule has 11 heteroatoms. The van der Waals surface area contributed by atoms with Crippen LogP contribution in [0.3, 0.4) is 0 Å². The lowest BCUT2D eigenvalue weighted by atomic mass is 10.1. The van der Waals surface area contributed by atoms with E-state index in [0.29, 0.717) is 6.07 Å². The van der Waals surface area contributed by atoms with Gasteiger partial charge in [0.15, 0.2) is 5.71 Å². The third kappa shape index (κ3) is 4.32. The Balaban J connectivity index is 2.45. The van der Waals surface area contributed by atoms with E-state index in [2.05, 4.69) is 5.10 Å². The molecule has 0 spiro atoms. The Morgan fingerprint density at radius 1 is 1.04 bits per heavy atom. The predicted octanol–water partition coefficient (Wildman–Crippen LogP) is 4.19. The molecule has 0 unspecified atom stereocenters. The minimum absolute atomic E-state index is 0.236. The van der Waals surface area contributed by atoms with Gasteiger partial charge in [0.1, 0.15) is 5.69 Å². The molecule has 8 nitrogen and oxygen atoms in total. The summed E-state index contributed by atoms with van der Waals surface area (Å²) in [5, 5.41) is 25.0. The Morgan fingerprint density at radius 3 is 2.15 bits per heavy atom. The number of rotatable bonds is 5. The van der Waals surface area contributed by atoms with E-state index in [1.807, 2.05) is 5.43 Å². The summed E-state index contributed by atoms with van der Waals surface area (Å²) in [4.78, 5) is 19.9. The molecule has 0 radical (unpaired) electrons. The molecule has 0 saturated carbocycles. The number of nitrogens with zero attached hydrogens (tertiary/aromatic N) is 3. The van der Waals surface area contributed by atoms with Crippen LogP contribution in [0.5, 0.6) is 0 Å². The molecule has 0 amide bonds. The number of hydrogen-bond donors (Lipinski definition) is 1. The SMILES string of the molecule is Cc1ccc(/C(=N\Nc2ccc([N+](=O)[O-])cc2[N+](=O)[O-])C(F)(F)F)cc1. The molecule has 0 aromatic heterocycles.